The molecule has 1 aromatic carbocycles. The molecule has 1 saturated heterocycles. The van der Waals surface area contributed by atoms with E-state index < -0.39 is 43.4 Å². The molecule has 0 unspecified atom stereocenters. The van der Waals surface area contributed by atoms with E-state index in [1.165, 1.54) is 12.1 Å². The van der Waals surface area contributed by atoms with Crippen molar-refractivity contribution < 1.29 is 35.4 Å². The number of rotatable bonds is 3. The quantitative estimate of drug-likeness (QED) is 0.372. The number of aliphatic hydroxyl groups excluding tert-OH is 5. The molecule has 1 aliphatic heterocycles. The van der Waals surface area contributed by atoms with Gasteiger partial charge in [0.05, 0.1) is 13.2 Å². The summed E-state index contributed by atoms with van der Waals surface area (Å²) in [7, 11) is 0. The second-order valence-corrected chi connectivity index (χ2v) is 4.79. The van der Waals surface area contributed by atoms with Crippen molar-refractivity contribution in [2.75, 3.05) is 6.61 Å². The Hall–Kier alpha value is -1.06. The van der Waals surface area contributed by atoms with E-state index >= 15 is 0 Å². The Kier molecular flexibility index (Phi) is 4.40. The maximum atomic E-state index is 10.6. The van der Waals surface area contributed by atoms with Gasteiger partial charge in [-0.1, -0.05) is 24.3 Å². The molecule has 1 fully saturated rings. The van der Waals surface area contributed by atoms with Crippen molar-refractivity contribution in [2.24, 2.45) is 0 Å². The van der Waals surface area contributed by atoms with Crippen LogP contribution in [0.5, 0.6) is 0 Å². The fourth-order valence-electron chi connectivity index (χ4n) is 2.45. The third-order valence-electron chi connectivity index (χ3n) is 3.63. The van der Waals surface area contributed by atoms with Gasteiger partial charge in [0.15, 0.2) is 11.9 Å². The van der Waals surface area contributed by atoms with Crippen molar-refractivity contribution in [2.45, 2.75) is 36.8 Å². The minimum absolute atomic E-state index is 0.0536. The third-order valence-corrected chi connectivity index (χ3v) is 3.63. The first kappa shape index (κ1) is 15.3. The highest BCUT2D eigenvalue weighted by atomic mass is 16.6. The number of ether oxygens (including phenoxy) is 1. The molecule has 0 bridgehead atoms. The molecule has 0 spiro atoms. The smallest absolute Gasteiger partial charge is 0.191 e. The van der Waals surface area contributed by atoms with Gasteiger partial charge in [0, 0.05) is 0 Å². The van der Waals surface area contributed by atoms with Crippen LogP contribution in [0.1, 0.15) is 11.1 Å². The number of hydrogen-bond acceptors (Lipinski definition) is 7. The predicted octanol–water partition coefficient (Wildman–Crippen LogP) is -2.20. The normalized spacial score (nSPS) is 37.9. The van der Waals surface area contributed by atoms with Crippen molar-refractivity contribution >= 4 is 0 Å². The standard InChI is InChI=1S/C13H18O7/c14-5-7-3-1-2-4-8(7)13(19)11(17)10(16)9(6-15)20-12(13)18/h1-4,9-12,14-19H,5-6H2/t9-,10-,11+,12-,13-/m1/s1. The second kappa shape index (κ2) is 5.74. The lowest BCUT2D eigenvalue weighted by Crippen LogP contribution is -2.64. The first-order valence-electron chi connectivity index (χ1n) is 6.19. The lowest BCUT2D eigenvalue weighted by atomic mass is 9.79. The summed E-state index contributed by atoms with van der Waals surface area (Å²) in [5.74, 6) is 0. The van der Waals surface area contributed by atoms with Gasteiger partial charge in [0.1, 0.15) is 18.3 Å². The zero-order valence-corrected chi connectivity index (χ0v) is 10.6. The zero-order valence-electron chi connectivity index (χ0n) is 10.6. The summed E-state index contributed by atoms with van der Waals surface area (Å²) in [5, 5.41) is 58.8. The van der Waals surface area contributed by atoms with Crippen LogP contribution in [-0.2, 0) is 16.9 Å². The molecule has 0 aromatic heterocycles. The van der Waals surface area contributed by atoms with Crippen LogP contribution in [0.2, 0.25) is 0 Å². The first-order valence-corrected chi connectivity index (χ1v) is 6.19. The summed E-state index contributed by atoms with van der Waals surface area (Å²) in [4.78, 5) is 0. The van der Waals surface area contributed by atoms with Crippen LogP contribution in [0.25, 0.3) is 0 Å². The second-order valence-electron chi connectivity index (χ2n) is 4.79. The van der Waals surface area contributed by atoms with Crippen molar-refractivity contribution in [1.82, 2.24) is 0 Å². The van der Waals surface area contributed by atoms with Crippen LogP contribution >= 0.6 is 0 Å². The van der Waals surface area contributed by atoms with Gasteiger partial charge in [0.25, 0.3) is 0 Å². The molecule has 20 heavy (non-hydrogen) atoms. The van der Waals surface area contributed by atoms with Gasteiger partial charge in [-0.05, 0) is 11.1 Å². The molecule has 1 aliphatic rings. The van der Waals surface area contributed by atoms with E-state index in [0.29, 0.717) is 0 Å². The van der Waals surface area contributed by atoms with E-state index in [2.05, 4.69) is 0 Å². The van der Waals surface area contributed by atoms with Crippen LogP contribution in [0, 0.1) is 0 Å². The average Bonchev–Trinajstić information content (AvgIpc) is 2.48. The Balaban J connectivity index is 2.47. The average molecular weight is 286 g/mol. The molecule has 1 heterocycles. The Morgan fingerprint density at radius 2 is 1.75 bits per heavy atom. The minimum atomic E-state index is -2.30. The van der Waals surface area contributed by atoms with Crippen LogP contribution in [0.4, 0.5) is 0 Å². The maximum Gasteiger partial charge on any atom is 0.191 e. The van der Waals surface area contributed by atoms with E-state index in [4.69, 9.17) is 9.84 Å². The van der Waals surface area contributed by atoms with E-state index in [9.17, 15) is 25.5 Å². The predicted molar refractivity (Wildman–Crippen MR) is 66.2 cm³/mol. The summed E-state index contributed by atoms with van der Waals surface area (Å²) >= 11 is 0. The van der Waals surface area contributed by atoms with Crippen LogP contribution in [0.15, 0.2) is 24.3 Å². The van der Waals surface area contributed by atoms with E-state index in [1.54, 1.807) is 12.1 Å². The van der Waals surface area contributed by atoms with Gasteiger partial charge in [-0.3, -0.25) is 0 Å². The van der Waals surface area contributed by atoms with Gasteiger partial charge in [-0.25, -0.2) is 0 Å². The maximum absolute atomic E-state index is 10.6. The molecular formula is C13H18O7. The molecule has 5 atom stereocenters. The van der Waals surface area contributed by atoms with Crippen molar-refractivity contribution in [3.8, 4) is 0 Å². The Labute approximate surface area is 115 Å². The van der Waals surface area contributed by atoms with Crippen molar-refractivity contribution in [3.63, 3.8) is 0 Å². The molecule has 6 N–H and O–H groups in total. The summed E-state index contributed by atoms with van der Waals surface area (Å²) in [6.07, 6.45) is -6.43. The van der Waals surface area contributed by atoms with Gasteiger partial charge in [-0.15, -0.1) is 0 Å². The van der Waals surface area contributed by atoms with E-state index in [1.807, 2.05) is 0 Å². The summed E-state index contributed by atoms with van der Waals surface area (Å²) in [5.41, 5.74) is -1.96. The Morgan fingerprint density at radius 3 is 2.35 bits per heavy atom. The molecule has 0 saturated carbocycles. The topological polar surface area (TPSA) is 131 Å². The van der Waals surface area contributed by atoms with Crippen LogP contribution in [-0.4, -0.2) is 61.8 Å². The summed E-state index contributed by atoms with van der Waals surface area (Å²) in [6, 6.07) is 6.09. The summed E-state index contributed by atoms with van der Waals surface area (Å²) < 4.78 is 4.95. The van der Waals surface area contributed by atoms with Crippen molar-refractivity contribution in [3.05, 3.63) is 35.4 Å². The highest BCUT2D eigenvalue weighted by Gasteiger charge is 2.55. The fraction of sp³-hybridized carbons (Fsp3) is 0.538. The lowest BCUT2D eigenvalue weighted by Gasteiger charge is -2.46. The molecule has 7 heteroatoms. The molecule has 0 radical (unpaired) electrons. The molecule has 2 rings (SSSR count). The first-order chi connectivity index (χ1) is 9.46. The third kappa shape index (κ3) is 2.23. The van der Waals surface area contributed by atoms with Crippen LogP contribution in [0.3, 0.4) is 0 Å². The van der Waals surface area contributed by atoms with Gasteiger partial charge in [-0.2, -0.15) is 0 Å². The highest BCUT2D eigenvalue weighted by molar-refractivity contribution is 5.34. The molecule has 1 aromatic rings. The largest absolute Gasteiger partial charge is 0.394 e. The number of hydrogen-bond donors (Lipinski definition) is 6. The Morgan fingerprint density at radius 1 is 1.10 bits per heavy atom. The van der Waals surface area contributed by atoms with Gasteiger partial charge >= 0.3 is 0 Å². The van der Waals surface area contributed by atoms with Gasteiger partial charge in [0.2, 0.25) is 0 Å². The highest BCUT2D eigenvalue weighted by Crippen LogP contribution is 2.38. The monoisotopic (exact) mass is 286 g/mol. The van der Waals surface area contributed by atoms with Crippen LogP contribution < -0.4 is 0 Å². The summed E-state index contributed by atoms with van der Waals surface area (Å²) in [6.45, 7) is -1.04. The molecule has 7 nitrogen and oxygen atoms in total. The van der Waals surface area contributed by atoms with Crippen molar-refractivity contribution in [1.29, 1.82) is 0 Å². The molecule has 112 valence electrons. The lowest BCUT2D eigenvalue weighted by molar-refractivity contribution is -0.335. The fourth-order valence-corrected chi connectivity index (χ4v) is 2.45. The number of aliphatic hydroxyl groups is 6. The Bertz CT molecular complexity index is 466. The molecule has 0 aliphatic carbocycles. The molecular weight excluding hydrogens is 268 g/mol. The minimum Gasteiger partial charge on any atom is -0.394 e. The molecule has 0 amide bonds. The van der Waals surface area contributed by atoms with Gasteiger partial charge < -0.3 is 35.4 Å². The number of benzene rings is 1. The SMILES string of the molecule is OCc1ccccc1[C@]1(O)[C@H](O)O[C@H](CO)[C@@H](O)[C@@H]1O. The van der Waals surface area contributed by atoms with E-state index in [-0.39, 0.29) is 11.1 Å². The zero-order chi connectivity index (χ0) is 14.9. The van der Waals surface area contributed by atoms with E-state index in [0.717, 1.165) is 0 Å².